The van der Waals surface area contributed by atoms with Gasteiger partial charge in [0.25, 0.3) is 0 Å². The molecule has 1 atom stereocenters. The van der Waals surface area contributed by atoms with E-state index in [2.05, 4.69) is 45.2 Å². The predicted molar refractivity (Wildman–Crippen MR) is 76.3 cm³/mol. The lowest BCUT2D eigenvalue weighted by Gasteiger charge is -2.25. The average Bonchev–Trinajstić information content (AvgIpc) is 2.64. The Morgan fingerprint density at radius 1 is 1.39 bits per heavy atom. The Kier molecular flexibility index (Phi) is 4.76. The van der Waals surface area contributed by atoms with Gasteiger partial charge in [-0.05, 0) is 37.1 Å². The Hall–Kier alpha value is -0.890. The van der Waals surface area contributed by atoms with Gasteiger partial charge in [0, 0.05) is 24.1 Å². The van der Waals surface area contributed by atoms with Crippen LogP contribution in [-0.4, -0.2) is 31.1 Å². The Labute approximate surface area is 117 Å². The van der Waals surface area contributed by atoms with Crippen LogP contribution in [0.1, 0.15) is 23.6 Å². The lowest BCUT2D eigenvalue weighted by Crippen LogP contribution is -2.31. The topological polar surface area (TPSA) is 39.1 Å². The first kappa shape index (κ1) is 13.5. The highest BCUT2D eigenvalue weighted by Gasteiger charge is 2.21. The number of nitrogens with one attached hydrogen (secondary N) is 1. The number of benzene rings is 1. The van der Waals surface area contributed by atoms with Gasteiger partial charge in [0.15, 0.2) is 0 Å². The molecule has 0 aliphatic carbocycles. The molecule has 0 bridgehead atoms. The fourth-order valence-corrected chi connectivity index (χ4v) is 2.58. The molecule has 4 heteroatoms. The second-order valence-electron chi connectivity index (χ2n) is 4.68. The van der Waals surface area contributed by atoms with Crippen LogP contribution in [0.15, 0.2) is 22.7 Å². The minimum absolute atomic E-state index is 0.128. The molecule has 3 nitrogen and oxygen atoms in total. The van der Waals surface area contributed by atoms with Crippen LogP contribution in [0.25, 0.3) is 0 Å². The molecule has 96 valence electrons. The molecule has 0 saturated carbocycles. The summed E-state index contributed by atoms with van der Waals surface area (Å²) in [6.07, 6.45) is 1.10. The van der Waals surface area contributed by atoms with E-state index in [9.17, 15) is 5.26 Å². The summed E-state index contributed by atoms with van der Waals surface area (Å²) in [4.78, 5) is 2.27. The number of rotatable bonds is 2. The Morgan fingerprint density at radius 2 is 2.22 bits per heavy atom. The first-order chi connectivity index (χ1) is 8.72. The summed E-state index contributed by atoms with van der Waals surface area (Å²) in [6, 6.07) is 8.50. The van der Waals surface area contributed by atoms with Gasteiger partial charge in [-0.2, -0.15) is 5.26 Å². The van der Waals surface area contributed by atoms with Crippen molar-refractivity contribution >= 4 is 15.9 Å². The molecule has 0 aromatic heterocycles. The molecular weight excluding hydrogens is 290 g/mol. The van der Waals surface area contributed by atoms with Crippen LogP contribution in [0.3, 0.4) is 0 Å². The quantitative estimate of drug-likeness (QED) is 0.913. The highest BCUT2D eigenvalue weighted by atomic mass is 79.9. The van der Waals surface area contributed by atoms with Crippen LogP contribution >= 0.6 is 15.9 Å². The third-order valence-corrected chi connectivity index (χ3v) is 4.25. The van der Waals surface area contributed by atoms with Crippen molar-refractivity contribution in [2.75, 3.05) is 26.2 Å². The zero-order chi connectivity index (χ0) is 13.0. The van der Waals surface area contributed by atoms with Gasteiger partial charge in [0.05, 0.1) is 6.07 Å². The monoisotopic (exact) mass is 307 g/mol. The summed E-state index contributed by atoms with van der Waals surface area (Å²) in [5.74, 6) is 0. The fraction of sp³-hybridized carbons (Fsp3) is 0.500. The second-order valence-corrected chi connectivity index (χ2v) is 5.53. The molecule has 1 aliphatic rings. The molecule has 1 fully saturated rings. The molecule has 0 amide bonds. The molecule has 18 heavy (non-hydrogen) atoms. The lowest BCUT2D eigenvalue weighted by molar-refractivity contribution is 0.252. The number of aryl methyl sites for hydroxylation is 1. The van der Waals surface area contributed by atoms with Crippen LogP contribution in [0.4, 0.5) is 0 Å². The fourth-order valence-electron chi connectivity index (χ4n) is 2.33. The molecule has 1 heterocycles. The molecule has 1 N–H and O–H groups in total. The van der Waals surface area contributed by atoms with Crippen molar-refractivity contribution in [2.24, 2.45) is 0 Å². The number of hydrogen-bond donors (Lipinski definition) is 1. The Bertz CT molecular complexity index is 445. The molecule has 1 aromatic rings. The van der Waals surface area contributed by atoms with Gasteiger partial charge < -0.3 is 5.32 Å². The van der Waals surface area contributed by atoms with Gasteiger partial charge in [0.2, 0.25) is 0 Å². The van der Waals surface area contributed by atoms with Crippen molar-refractivity contribution in [3.05, 3.63) is 33.8 Å². The summed E-state index contributed by atoms with van der Waals surface area (Å²) in [5, 5.41) is 12.8. The van der Waals surface area contributed by atoms with E-state index in [1.807, 2.05) is 12.1 Å². The summed E-state index contributed by atoms with van der Waals surface area (Å²) >= 11 is 3.50. The third-order valence-electron chi connectivity index (χ3n) is 3.36. The standard InChI is InChI=1S/C14H18BrN3/c1-11-9-12(3-4-13(11)15)14(10-16)18-7-2-5-17-6-8-18/h3-4,9,14,17H,2,5-8H2,1H3. The zero-order valence-corrected chi connectivity index (χ0v) is 12.2. The van der Waals surface area contributed by atoms with Crippen molar-refractivity contribution in [3.8, 4) is 6.07 Å². The molecule has 1 aliphatic heterocycles. The minimum Gasteiger partial charge on any atom is -0.315 e. The maximum Gasteiger partial charge on any atom is 0.123 e. The summed E-state index contributed by atoms with van der Waals surface area (Å²) < 4.78 is 1.10. The van der Waals surface area contributed by atoms with Crippen LogP contribution in [0.5, 0.6) is 0 Å². The highest BCUT2D eigenvalue weighted by Crippen LogP contribution is 2.25. The van der Waals surface area contributed by atoms with Crippen LogP contribution in [-0.2, 0) is 0 Å². The Morgan fingerprint density at radius 3 is 2.94 bits per heavy atom. The number of halogens is 1. The van der Waals surface area contributed by atoms with E-state index in [1.165, 1.54) is 5.56 Å². The summed E-state index contributed by atoms with van der Waals surface area (Å²) in [6.45, 7) is 6.00. The normalized spacial score (nSPS) is 18.9. The van der Waals surface area contributed by atoms with Crippen molar-refractivity contribution in [2.45, 2.75) is 19.4 Å². The van der Waals surface area contributed by atoms with Gasteiger partial charge in [0.1, 0.15) is 6.04 Å². The second kappa shape index (κ2) is 6.33. The molecule has 1 unspecified atom stereocenters. The number of nitriles is 1. The maximum atomic E-state index is 9.46. The lowest BCUT2D eigenvalue weighted by atomic mass is 10.0. The van der Waals surface area contributed by atoms with E-state index in [0.29, 0.717) is 0 Å². The Balaban J connectivity index is 2.21. The summed E-state index contributed by atoms with van der Waals surface area (Å²) in [7, 11) is 0. The predicted octanol–water partition coefficient (Wildman–Crippen LogP) is 2.62. The minimum atomic E-state index is -0.128. The SMILES string of the molecule is Cc1cc(C(C#N)N2CCCNCC2)ccc1Br. The van der Waals surface area contributed by atoms with Gasteiger partial charge in [-0.1, -0.05) is 28.1 Å². The first-order valence-corrected chi connectivity index (χ1v) is 7.12. The van der Waals surface area contributed by atoms with E-state index in [1.54, 1.807) is 0 Å². The van der Waals surface area contributed by atoms with Crippen molar-refractivity contribution in [1.29, 1.82) is 5.26 Å². The molecule has 1 saturated heterocycles. The molecule has 0 radical (unpaired) electrons. The summed E-state index contributed by atoms with van der Waals surface area (Å²) in [5.41, 5.74) is 2.28. The largest absolute Gasteiger partial charge is 0.315 e. The van der Waals surface area contributed by atoms with Crippen LogP contribution in [0.2, 0.25) is 0 Å². The van der Waals surface area contributed by atoms with Gasteiger partial charge in [-0.15, -0.1) is 0 Å². The van der Waals surface area contributed by atoms with E-state index < -0.39 is 0 Å². The number of hydrogen-bond acceptors (Lipinski definition) is 3. The van der Waals surface area contributed by atoms with E-state index in [0.717, 1.165) is 42.6 Å². The van der Waals surface area contributed by atoms with Crippen molar-refractivity contribution in [3.63, 3.8) is 0 Å². The molecular formula is C14H18BrN3. The maximum absolute atomic E-state index is 9.46. The molecule has 1 aromatic carbocycles. The molecule has 2 rings (SSSR count). The molecule has 0 spiro atoms. The van der Waals surface area contributed by atoms with Crippen LogP contribution in [0, 0.1) is 18.3 Å². The smallest absolute Gasteiger partial charge is 0.123 e. The van der Waals surface area contributed by atoms with Crippen LogP contribution < -0.4 is 5.32 Å². The van der Waals surface area contributed by atoms with E-state index in [-0.39, 0.29) is 6.04 Å². The first-order valence-electron chi connectivity index (χ1n) is 6.33. The van der Waals surface area contributed by atoms with E-state index >= 15 is 0 Å². The van der Waals surface area contributed by atoms with Gasteiger partial charge in [-0.3, -0.25) is 4.90 Å². The zero-order valence-electron chi connectivity index (χ0n) is 10.6. The highest BCUT2D eigenvalue weighted by molar-refractivity contribution is 9.10. The van der Waals surface area contributed by atoms with Crippen molar-refractivity contribution < 1.29 is 0 Å². The van der Waals surface area contributed by atoms with Gasteiger partial charge >= 0.3 is 0 Å². The van der Waals surface area contributed by atoms with E-state index in [4.69, 9.17) is 0 Å². The third kappa shape index (κ3) is 3.11. The average molecular weight is 308 g/mol. The van der Waals surface area contributed by atoms with Crippen molar-refractivity contribution in [1.82, 2.24) is 10.2 Å². The number of nitrogens with zero attached hydrogens (tertiary/aromatic N) is 2. The van der Waals surface area contributed by atoms with Gasteiger partial charge in [-0.25, -0.2) is 0 Å².